The minimum atomic E-state index is -3.10. The van der Waals surface area contributed by atoms with Crippen LogP contribution < -0.4 is 4.74 Å². The number of nitrogens with zero attached hydrogens (tertiary/aromatic N) is 1. The van der Waals surface area contributed by atoms with Gasteiger partial charge in [0.15, 0.2) is 21.3 Å². The molecule has 2 heterocycles. The van der Waals surface area contributed by atoms with Gasteiger partial charge >= 0.3 is 0 Å². The predicted octanol–water partition coefficient (Wildman–Crippen LogP) is 1.79. The zero-order chi connectivity index (χ0) is 17.5. The lowest BCUT2D eigenvalue weighted by molar-refractivity contribution is -0.123. The molecule has 24 heavy (non-hydrogen) atoms. The lowest BCUT2D eigenvalue weighted by Crippen LogP contribution is -2.39. The normalized spacial score (nSPS) is 24.8. The molecule has 2 saturated heterocycles. The van der Waals surface area contributed by atoms with Crippen molar-refractivity contribution in [2.24, 2.45) is 0 Å². The van der Waals surface area contributed by atoms with Gasteiger partial charge in [-0.1, -0.05) is 30.0 Å². The molecule has 2 fully saturated rings. The molecule has 1 amide bonds. The number of benzene rings is 1. The summed E-state index contributed by atoms with van der Waals surface area (Å²) in [4.78, 5) is 14.5. The SMILES string of the molecule is COc1cc(/C=C2/SC(=S)N(C3CCS(=O)(=O)C3)C2=O)ccc1O. The van der Waals surface area contributed by atoms with Gasteiger partial charge < -0.3 is 9.84 Å². The molecule has 1 aromatic carbocycles. The van der Waals surface area contributed by atoms with Crippen LogP contribution in [0.15, 0.2) is 23.1 Å². The van der Waals surface area contributed by atoms with E-state index in [-0.39, 0.29) is 29.2 Å². The first-order valence-electron chi connectivity index (χ1n) is 7.15. The Morgan fingerprint density at radius 3 is 2.83 bits per heavy atom. The van der Waals surface area contributed by atoms with Crippen molar-refractivity contribution in [3.05, 3.63) is 28.7 Å². The highest BCUT2D eigenvalue weighted by molar-refractivity contribution is 8.26. The fourth-order valence-electron chi connectivity index (χ4n) is 2.71. The van der Waals surface area contributed by atoms with Gasteiger partial charge in [0, 0.05) is 0 Å². The molecule has 128 valence electrons. The quantitative estimate of drug-likeness (QED) is 0.627. The molecule has 0 bridgehead atoms. The Balaban J connectivity index is 1.86. The second-order valence-corrected chi connectivity index (χ2v) is 9.44. The average molecular weight is 385 g/mol. The molecule has 1 unspecified atom stereocenters. The van der Waals surface area contributed by atoms with E-state index in [4.69, 9.17) is 17.0 Å². The summed E-state index contributed by atoms with van der Waals surface area (Å²) in [6, 6.07) is 4.36. The molecule has 0 spiro atoms. The first kappa shape index (κ1) is 17.2. The van der Waals surface area contributed by atoms with Crippen molar-refractivity contribution in [1.29, 1.82) is 0 Å². The van der Waals surface area contributed by atoms with Gasteiger partial charge in [0.2, 0.25) is 0 Å². The third-order valence-corrected chi connectivity index (χ3v) is 6.98. The van der Waals surface area contributed by atoms with Crippen LogP contribution in [0.2, 0.25) is 0 Å². The molecule has 9 heteroatoms. The largest absolute Gasteiger partial charge is 0.504 e. The van der Waals surface area contributed by atoms with Gasteiger partial charge in [0.05, 0.1) is 29.6 Å². The van der Waals surface area contributed by atoms with Crippen LogP contribution in [-0.4, -0.2) is 53.3 Å². The topological polar surface area (TPSA) is 83.9 Å². The van der Waals surface area contributed by atoms with E-state index in [0.29, 0.717) is 27.0 Å². The Labute approximate surface area is 149 Å². The van der Waals surface area contributed by atoms with Crippen LogP contribution in [-0.2, 0) is 14.6 Å². The number of hydrogen-bond donors (Lipinski definition) is 1. The second kappa shape index (κ2) is 6.38. The van der Waals surface area contributed by atoms with Gasteiger partial charge in [-0.2, -0.15) is 0 Å². The van der Waals surface area contributed by atoms with E-state index in [1.165, 1.54) is 18.1 Å². The van der Waals surface area contributed by atoms with Crippen LogP contribution in [0.5, 0.6) is 11.5 Å². The summed E-state index contributed by atoms with van der Waals surface area (Å²) in [5.41, 5.74) is 0.684. The maximum Gasteiger partial charge on any atom is 0.266 e. The highest BCUT2D eigenvalue weighted by Crippen LogP contribution is 2.37. The van der Waals surface area contributed by atoms with E-state index in [9.17, 15) is 18.3 Å². The summed E-state index contributed by atoms with van der Waals surface area (Å²) in [5, 5.41) is 9.62. The zero-order valence-electron chi connectivity index (χ0n) is 12.8. The summed E-state index contributed by atoms with van der Waals surface area (Å²) < 4.78 is 28.7. The number of thioether (sulfide) groups is 1. The highest BCUT2D eigenvalue weighted by Gasteiger charge is 2.42. The Bertz CT molecular complexity index is 847. The van der Waals surface area contributed by atoms with Gasteiger partial charge in [-0.15, -0.1) is 0 Å². The number of methoxy groups -OCH3 is 1. The second-order valence-electron chi connectivity index (χ2n) is 5.54. The van der Waals surface area contributed by atoms with E-state index >= 15 is 0 Å². The monoisotopic (exact) mass is 385 g/mol. The van der Waals surface area contributed by atoms with Crippen LogP contribution in [0.1, 0.15) is 12.0 Å². The number of sulfone groups is 1. The number of ether oxygens (including phenoxy) is 1. The molecule has 0 aliphatic carbocycles. The summed E-state index contributed by atoms with van der Waals surface area (Å²) >= 11 is 6.41. The molecule has 1 aromatic rings. The van der Waals surface area contributed by atoms with E-state index in [0.717, 1.165) is 11.8 Å². The van der Waals surface area contributed by atoms with Gasteiger partial charge in [0.25, 0.3) is 5.91 Å². The Kier molecular flexibility index (Phi) is 4.58. The molecule has 6 nitrogen and oxygen atoms in total. The molecule has 1 N–H and O–H groups in total. The number of thiocarbonyl (C=S) groups is 1. The van der Waals surface area contributed by atoms with Crippen LogP contribution in [0.25, 0.3) is 6.08 Å². The van der Waals surface area contributed by atoms with Crippen LogP contribution in [0, 0.1) is 0 Å². The van der Waals surface area contributed by atoms with Crippen LogP contribution in [0.4, 0.5) is 0 Å². The predicted molar refractivity (Wildman–Crippen MR) is 96.7 cm³/mol. The first-order chi connectivity index (χ1) is 11.3. The number of hydrogen-bond acceptors (Lipinski definition) is 7. The number of rotatable bonds is 3. The number of phenols is 1. The lowest BCUT2D eigenvalue weighted by Gasteiger charge is -2.20. The third kappa shape index (κ3) is 3.28. The first-order valence-corrected chi connectivity index (χ1v) is 10.2. The minimum absolute atomic E-state index is 0.0124. The molecule has 0 saturated carbocycles. The Morgan fingerprint density at radius 1 is 1.46 bits per heavy atom. The zero-order valence-corrected chi connectivity index (χ0v) is 15.2. The molecule has 2 aliphatic heterocycles. The van der Waals surface area contributed by atoms with E-state index < -0.39 is 9.84 Å². The lowest BCUT2D eigenvalue weighted by atomic mass is 10.1. The fraction of sp³-hybridized carbons (Fsp3) is 0.333. The third-order valence-electron chi connectivity index (χ3n) is 3.90. The van der Waals surface area contributed by atoms with Crippen LogP contribution >= 0.6 is 24.0 Å². The van der Waals surface area contributed by atoms with Gasteiger partial charge in [0.1, 0.15) is 4.32 Å². The fourth-order valence-corrected chi connectivity index (χ4v) is 5.81. The molecular weight excluding hydrogens is 370 g/mol. The number of amides is 1. The van der Waals surface area contributed by atoms with E-state index in [2.05, 4.69) is 0 Å². The number of carbonyl (C=O) groups excluding carboxylic acids is 1. The molecule has 1 atom stereocenters. The number of phenolic OH excluding ortho intramolecular Hbond substituents is 1. The summed E-state index contributed by atoms with van der Waals surface area (Å²) in [6.45, 7) is 0. The van der Waals surface area contributed by atoms with Crippen LogP contribution in [0.3, 0.4) is 0 Å². The Morgan fingerprint density at radius 2 is 2.21 bits per heavy atom. The van der Waals surface area contributed by atoms with E-state index in [1.54, 1.807) is 18.2 Å². The van der Waals surface area contributed by atoms with E-state index in [1.807, 2.05) is 0 Å². The van der Waals surface area contributed by atoms with Gasteiger partial charge in [-0.05, 0) is 30.2 Å². The van der Waals surface area contributed by atoms with Gasteiger partial charge in [-0.3, -0.25) is 9.69 Å². The summed E-state index contributed by atoms with van der Waals surface area (Å²) in [6.07, 6.45) is 2.07. The molecule has 2 aliphatic rings. The van der Waals surface area contributed by atoms with Crippen molar-refractivity contribution in [1.82, 2.24) is 4.90 Å². The van der Waals surface area contributed by atoms with Crippen molar-refractivity contribution in [2.75, 3.05) is 18.6 Å². The molecular formula is C15H15NO5S3. The number of aromatic hydroxyl groups is 1. The van der Waals surface area contributed by atoms with Crippen molar-refractivity contribution in [3.8, 4) is 11.5 Å². The van der Waals surface area contributed by atoms with Crippen molar-refractivity contribution < 1.29 is 23.1 Å². The molecule has 0 radical (unpaired) electrons. The summed E-state index contributed by atoms with van der Waals surface area (Å²) in [7, 11) is -1.65. The van der Waals surface area contributed by atoms with Crippen molar-refractivity contribution in [2.45, 2.75) is 12.5 Å². The molecule has 0 aromatic heterocycles. The number of carbonyl (C=O) groups is 1. The minimum Gasteiger partial charge on any atom is -0.504 e. The van der Waals surface area contributed by atoms with Gasteiger partial charge in [-0.25, -0.2) is 8.42 Å². The Hall–Kier alpha value is -1.58. The standard InChI is InChI=1S/C15H15NO5S3/c1-21-12-6-9(2-3-11(12)17)7-13-14(18)16(15(22)23-13)10-4-5-24(19,20)8-10/h2-3,6-7,10,17H,4-5,8H2,1H3/b13-7+. The maximum absolute atomic E-state index is 12.6. The van der Waals surface area contributed by atoms with Crippen molar-refractivity contribution >= 4 is 50.1 Å². The van der Waals surface area contributed by atoms with Crippen molar-refractivity contribution in [3.63, 3.8) is 0 Å². The molecule has 3 rings (SSSR count). The summed E-state index contributed by atoms with van der Waals surface area (Å²) in [5.74, 6) is 0.0847. The smallest absolute Gasteiger partial charge is 0.266 e. The maximum atomic E-state index is 12.6. The average Bonchev–Trinajstić information content (AvgIpc) is 3.00. The highest BCUT2D eigenvalue weighted by atomic mass is 32.2.